The van der Waals surface area contributed by atoms with Crippen molar-refractivity contribution in [1.82, 2.24) is 5.32 Å². The number of sulfone groups is 1. The average molecular weight is 309 g/mol. The van der Waals surface area contributed by atoms with Crippen molar-refractivity contribution in [1.29, 1.82) is 0 Å². The molecule has 3 rings (SSSR count). The number of benzene rings is 1. The van der Waals surface area contributed by atoms with Crippen molar-refractivity contribution < 1.29 is 13.2 Å². The van der Waals surface area contributed by atoms with Gasteiger partial charge in [-0.3, -0.25) is 0 Å². The summed E-state index contributed by atoms with van der Waals surface area (Å²) >= 11 is 0. The van der Waals surface area contributed by atoms with Gasteiger partial charge >= 0.3 is 0 Å². The van der Waals surface area contributed by atoms with Crippen LogP contribution in [0.1, 0.15) is 36.9 Å². The molecule has 0 amide bonds. The number of aryl methyl sites for hydroxylation is 1. The molecule has 0 aromatic heterocycles. The van der Waals surface area contributed by atoms with E-state index in [1.807, 2.05) is 6.07 Å². The third kappa shape index (κ3) is 3.24. The first kappa shape index (κ1) is 14.9. The number of hydrogen-bond donors (Lipinski definition) is 1. The quantitative estimate of drug-likeness (QED) is 0.925. The lowest BCUT2D eigenvalue weighted by atomic mass is 9.90. The van der Waals surface area contributed by atoms with Gasteiger partial charge < -0.3 is 10.1 Å². The van der Waals surface area contributed by atoms with Crippen LogP contribution in [-0.2, 0) is 16.3 Å². The van der Waals surface area contributed by atoms with Gasteiger partial charge in [0.1, 0.15) is 5.75 Å². The van der Waals surface area contributed by atoms with Crippen LogP contribution in [0, 0.1) is 5.92 Å². The molecule has 5 heteroatoms. The second-order valence-electron chi connectivity index (χ2n) is 6.02. The normalized spacial score (nSPS) is 25.1. The Kier molecular flexibility index (Phi) is 4.22. The third-order valence-corrected chi connectivity index (χ3v) is 6.25. The first-order valence-corrected chi connectivity index (χ1v) is 9.60. The van der Waals surface area contributed by atoms with Crippen LogP contribution in [0.4, 0.5) is 0 Å². The predicted molar refractivity (Wildman–Crippen MR) is 83.4 cm³/mol. The van der Waals surface area contributed by atoms with Crippen molar-refractivity contribution in [3.8, 4) is 5.75 Å². The highest BCUT2D eigenvalue weighted by Crippen LogP contribution is 2.34. The molecular formula is C16H23NO3S. The Labute approximate surface area is 126 Å². The van der Waals surface area contributed by atoms with Crippen molar-refractivity contribution in [2.75, 3.05) is 24.7 Å². The second-order valence-corrected chi connectivity index (χ2v) is 8.25. The Morgan fingerprint density at radius 3 is 3.00 bits per heavy atom. The van der Waals surface area contributed by atoms with E-state index in [4.69, 9.17) is 4.74 Å². The molecule has 116 valence electrons. The molecule has 1 aromatic carbocycles. The maximum atomic E-state index is 11.8. The minimum atomic E-state index is -2.85. The van der Waals surface area contributed by atoms with E-state index >= 15 is 0 Å². The zero-order chi connectivity index (χ0) is 14.9. The number of hydrogen-bond acceptors (Lipinski definition) is 4. The van der Waals surface area contributed by atoms with Crippen molar-refractivity contribution in [2.24, 2.45) is 5.92 Å². The van der Waals surface area contributed by atoms with E-state index in [2.05, 4.69) is 24.4 Å². The van der Waals surface area contributed by atoms with Crippen LogP contribution < -0.4 is 10.1 Å². The van der Waals surface area contributed by atoms with Gasteiger partial charge in [0.25, 0.3) is 0 Å². The third-order valence-electron chi connectivity index (χ3n) is 4.45. The van der Waals surface area contributed by atoms with Crippen molar-refractivity contribution >= 4 is 9.84 Å². The molecule has 2 aliphatic heterocycles. The zero-order valence-electron chi connectivity index (χ0n) is 12.5. The maximum absolute atomic E-state index is 11.8. The Bertz CT molecular complexity index is 612. The Morgan fingerprint density at radius 1 is 1.43 bits per heavy atom. The van der Waals surface area contributed by atoms with Gasteiger partial charge in [-0.1, -0.05) is 19.1 Å². The fourth-order valence-electron chi connectivity index (χ4n) is 3.44. The lowest BCUT2D eigenvalue weighted by Crippen LogP contribution is -2.29. The molecule has 1 aromatic rings. The van der Waals surface area contributed by atoms with Gasteiger partial charge in [0.15, 0.2) is 9.84 Å². The highest BCUT2D eigenvalue weighted by molar-refractivity contribution is 7.91. The van der Waals surface area contributed by atoms with Gasteiger partial charge in [-0.15, -0.1) is 0 Å². The van der Waals surface area contributed by atoms with Gasteiger partial charge in [0, 0.05) is 6.04 Å². The summed E-state index contributed by atoms with van der Waals surface area (Å²) in [6, 6.07) is 6.45. The van der Waals surface area contributed by atoms with Crippen LogP contribution in [-0.4, -0.2) is 33.1 Å². The largest absolute Gasteiger partial charge is 0.493 e. The van der Waals surface area contributed by atoms with E-state index in [1.165, 1.54) is 11.1 Å². The molecule has 0 saturated carbocycles. The minimum Gasteiger partial charge on any atom is -0.493 e. The summed E-state index contributed by atoms with van der Waals surface area (Å²) in [6.07, 6.45) is 2.86. The van der Waals surface area contributed by atoms with Crippen LogP contribution in [0.5, 0.6) is 5.75 Å². The Hall–Kier alpha value is -1.07. The molecule has 0 radical (unpaired) electrons. The average Bonchev–Trinajstić information content (AvgIpc) is 2.84. The van der Waals surface area contributed by atoms with Crippen LogP contribution in [0.3, 0.4) is 0 Å². The zero-order valence-corrected chi connectivity index (χ0v) is 13.3. The van der Waals surface area contributed by atoms with Gasteiger partial charge in [0.05, 0.1) is 18.1 Å². The van der Waals surface area contributed by atoms with E-state index < -0.39 is 9.84 Å². The van der Waals surface area contributed by atoms with Crippen LogP contribution >= 0.6 is 0 Å². The Morgan fingerprint density at radius 2 is 2.29 bits per heavy atom. The number of fused-ring (bicyclic) bond motifs is 1. The monoisotopic (exact) mass is 309 g/mol. The molecule has 21 heavy (non-hydrogen) atoms. The minimum absolute atomic E-state index is 0.125. The summed E-state index contributed by atoms with van der Waals surface area (Å²) < 4.78 is 29.2. The summed E-state index contributed by atoms with van der Waals surface area (Å²) in [4.78, 5) is 0. The fraction of sp³-hybridized carbons (Fsp3) is 0.625. The summed E-state index contributed by atoms with van der Waals surface area (Å²) in [5.74, 6) is 1.79. The van der Waals surface area contributed by atoms with Gasteiger partial charge in [0.2, 0.25) is 0 Å². The summed E-state index contributed by atoms with van der Waals surface area (Å²) in [6.45, 7) is 3.70. The molecule has 4 nitrogen and oxygen atoms in total. The van der Waals surface area contributed by atoms with Gasteiger partial charge in [-0.05, 0) is 48.9 Å². The number of nitrogens with one attached hydrogen (secondary N) is 1. The lowest BCUT2D eigenvalue weighted by molar-refractivity contribution is 0.287. The molecule has 0 bridgehead atoms. The van der Waals surface area contributed by atoms with Crippen molar-refractivity contribution in [3.05, 3.63) is 29.3 Å². The molecule has 2 atom stereocenters. The molecule has 2 aliphatic rings. The first-order chi connectivity index (χ1) is 10.1. The lowest BCUT2D eigenvalue weighted by Gasteiger charge is -2.26. The van der Waals surface area contributed by atoms with E-state index in [1.54, 1.807) is 0 Å². The highest BCUT2D eigenvalue weighted by Gasteiger charge is 2.34. The molecule has 2 unspecified atom stereocenters. The number of rotatable bonds is 4. The standard InChI is InChI=1S/C16H23NO3S/c1-2-17-16(14-7-9-21(18,19)11-14)13-5-6-15-12(10-13)4-3-8-20-15/h5-6,10,14,16-17H,2-4,7-9,11H2,1H3. The van der Waals surface area contributed by atoms with Gasteiger partial charge in [-0.25, -0.2) is 8.42 Å². The highest BCUT2D eigenvalue weighted by atomic mass is 32.2. The van der Waals surface area contributed by atoms with E-state index in [9.17, 15) is 8.42 Å². The molecular weight excluding hydrogens is 286 g/mol. The second kappa shape index (κ2) is 5.97. The molecule has 0 aliphatic carbocycles. The van der Waals surface area contributed by atoms with Crippen molar-refractivity contribution in [3.63, 3.8) is 0 Å². The molecule has 1 fully saturated rings. The summed E-state index contributed by atoms with van der Waals surface area (Å²) in [7, 11) is -2.85. The molecule has 2 heterocycles. The summed E-state index contributed by atoms with van der Waals surface area (Å²) in [5.41, 5.74) is 2.45. The predicted octanol–water partition coefficient (Wildman–Crippen LogP) is 2.10. The fourth-order valence-corrected chi connectivity index (χ4v) is 5.28. The van der Waals surface area contributed by atoms with Crippen molar-refractivity contribution in [2.45, 2.75) is 32.2 Å². The van der Waals surface area contributed by atoms with Crippen LogP contribution in [0.25, 0.3) is 0 Å². The Balaban J connectivity index is 1.87. The number of ether oxygens (including phenoxy) is 1. The van der Waals surface area contributed by atoms with E-state index in [-0.39, 0.29) is 12.0 Å². The first-order valence-electron chi connectivity index (χ1n) is 7.78. The van der Waals surface area contributed by atoms with E-state index in [0.29, 0.717) is 11.5 Å². The van der Waals surface area contributed by atoms with Crippen LogP contribution in [0.2, 0.25) is 0 Å². The SMILES string of the molecule is CCNC(c1ccc2c(c1)CCCO2)C1CCS(=O)(=O)C1. The van der Waals surface area contributed by atoms with Crippen LogP contribution in [0.15, 0.2) is 18.2 Å². The maximum Gasteiger partial charge on any atom is 0.150 e. The topological polar surface area (TPSA) is 55.4 Å². The molecule has 1 saturated heterocycles. The van der Waals surface area contributed by atoms with Gasteiger partial charge in [-0.2, -0.15) is 0 Å². The molecule has 0 spiro atoms. The van der Waals surface area contributed by atoms with E-state index in [0.717, 1.165) is 38.2 Å². The molecule has 1 N–H and O–H groups in total. The smallest absolute Gasteiger partial charge is 0.150 e. The summed E-state index contributed by atoms with van der Waals surface area (Å²) in [5, 5.41) is 3.48.